The maximum absolute atomic E-state index is 14.3. The van der Waals surface area contributed by atoms with E-state index in [4.69, 9.17) is 24.7 Å². The van der Waals surface area contributed by atoms with Crippen molar-refractivity contribution in [2.75, 3.05) is 40.7 Å². The van der Waals surface area contributed by atoms with Crippen molar-refractivity contribution in [3.63, 3.8) is 0 Å². The van der Waals surface area contributed by atoms with Gasteiger partial charge in [0.05, 0.1) is 34.0 Å². The molecule has 6 nitrogen and oxygen atoms in total. The summed E-state index contributed by atoms with van der Waals surface area (Å²) in [6, 6.07) is 8.52. The van der Waals surface area contributed by atoms with Crippen molar-refractivity contribution < 1.29 is 36.9 Å². The molecule has 176 valence electrons. The molecule has 0 aliphatic carbocycles. The average molecular weight is 474 g/mol. The van der Waals surface area contributed by atoms with E-state index in [0.717, 1.165) is 11.8 Å². The van der Waals surface area contributed by atoms with Gasteiger partial charge in [0.15, 0.2) is 17.3 Å². The van der Waals surface area contributed by atoms with Crippen molar-refractivity contribution >= 4 is 17.5 Å². The van der Waals surface area contributed by atoms with Crippen molar-refractivity contribution in [1.82, 2.24) is 0 Å². The lowest BCUT2D eigenvalue weighted by Crippen LogP contribution is -2.35. The number of hydrogen-bond acceptors (Lipinski definition) is 7. The molecule has 0 radical (unpaired) electrons. The van der Waals surface area contributed by atoms with Crippen LogP contribution >= 0.6 is 11.8 Å². The molecule has 0 spiro atoms. The fourth-order valence-electron chi connectivity index (χ4n) is 3.24. The first-order valence-corrected chi connectivity index (χ1v) is 10.6. The number of carbonyl (C=O) groups excluding carboxylic acids is 1. The highest BCUT2D eigenvalue weighted by Gasteiger charge is 2.51. The lowest BCUT2D eigenvalue weighted by molar-refractivity contribution is -0.160. The minimum atomic E-state index is -4.83. The van der Waals surface area contributed by atoms with Gasteiger partial charge in [0.1, 0.15) is 17.4 Å². The third kappa shape index (κ3) is 5.80. The van der Waals surface area contributed by atoms with Crippen LogP contribution in [0.4, 0.5) is 13.2 Å². The normalized spacial score (nSPS) is 13.2. The molecule has 0 aliphatic rings. The van der Waals surface area contributed by atoms with Crippen molar-refractivity contribution in [3.05, 3.63) is 47.5 Å². The molecule has 2 N–H and O–H groups in total. The molecule has 2 rings (SSSR count). The first kappa shape index (κ1) is 25.7. The number of halogens is 3. The van der Waals surface area contributed by atoms with Crippen molar-refractivity contribution in [2.45, 2.75) is 11.4 Å². The third-order valence-corrected chi connectivity index (χ3v) is 6.14. The molecule has 0 fully saturated rings. The number of rotatable bonds is 11. The number of hydrogen-bond donors (Lipinski definition) is 1. The third-order valence-electron chi connectivity index (χ3n) is 4.76. The first-order valence-electron chi connectivity index (χ1n) is 9.58. The van der Waals surface area contributed by atoms with Crippen LogP contribution in [0.25, 0.3) is 0 Å². The van der Waals surface area contributed by atoms with Gasteiger partial charge in [-0.1, -0.05) is 6.07 Å². The average Bonchev–Trinajstić information content (AvgIpc) is 2.79. The van der Waals surface area contributed by atoms with Crippen LogP contribution in [-0.2, 0) is 0 Å². The number of carbonyl (C=O) groups is 1. The summed E-state index contributed by atoms with van der Waals surface area (Å²) in [5, 5.41) is -1.27. The zero-order chi connectivity index (χ0) is 23.9. The van der Waals surface area contributed by atoms with Gasteiger partial charge < -0.3 is 24.7 Å². The van der Waals surface area contributed by atoms with Gasteiger partial charge in [-0.05, 0) is 29.8 Å². The van der Waals surface area contributed by atoms with Crippen LogP contribution in [-0.4, -0.2) is 52.7 Å². The molecule has 10 heteroatoms. The number of ether oxygens (including phenoxy) is 4. The molecule has 0 bridgehead atoms. The van der Waals surface area contributed by atoms with Gasteiger partial charge in [0.25, 0.3) is 0 Å². The Morgan fingerprint density at radius 3 is 2.12 bits per heavy atom. The van der Waals surface area contributed by atoms with Gasteiger partial charge in [0.2, 0.25) is 0 Å². The summed E-state index contributed by atoms with van der Waals surface area (Å²) in [7, 11) is 5.50. The van der Waals surface area contributed by atoms with Crippen LogP contribution in [0.2, 0.25) is 0 Å². The van der Waals surface area contributed by atoms with Crippen molar-refractivity contribution in [1.29, 1.82) is 0 Å². The number of ketones is 1. The molecule has 0 saturated carbocycles. The molecule has 32 heavy (non-hydrogen) atoms. The minimum Gasteiger partial charge on any atom is -0.497 e. The highest BCUT2D eigenvalue weighted by atomic mass is 32.2. The fourth-order valence-corrected chi connectivity index (χ4v) is 4.44. The highest BCUT2D eigenvalue weighted by Crippen LogP contribution is 2.48. The molecule has 0 saturated heterocycles. The van der Waals surface area contributed by atoms with Gasteiger partial charge in [-0.2, -0.15) is 24.9 Å². The Morgan fingerprint density at radius 2 is 1.59 bits per heavy atom. The van der Waals surface area contributed by atoms with E-state index >= 15 is 0 Å². The van der Waals surface area contributed by atoms with Crippen LogP contribution in [0.5, 0.6) is 23.0 Å². The lowest BCUT2D eigenvalue weighted by Gasteiger charge is -2.29. The monoisotopic (exact) mass is 473 g/mol. The zero-order valence-corrected chi connectivity index (χ0v) is 19.0. The molecule has 0 heterocycles. The van der Waals surface area contributed by atoms with Crippen LogP contribution < -0.4 is 24.7 Å². The summed E-state index contributed by atoms with van der Waals surface area (Å²) < 4.78 is 63.7. The maximum atomic E-state index is 14.3. The standard InChI is InChI=1S/C22H26F3NO5S/c1-28-14-6-7-15(17(12-14)30-3)20(27)19(22(23,24)25)21(32-10-9-26)13-5-8-16(29-2)18(11-13)31-4/h5-8,11-12,19,21H,9-10,26H2,1-4H3. The van der Waals surface area contributed by atoms with E-state index in [-0.39, 0.29) is 34.9 Å². The molecule has 2 aromatic carbocycles. The fraction of sp³-hybridized carbons (Fsp3) is 0.409. The summed E-state index contributed by atoms with van der Waals surface area (Å²) in [6.07, 6.45) is -4.83. The lowest BCUT2D eigenvalue weighted by atomic mass is 9.89. The van der Waals surface area contributed by atoms with E-state index in [2.05, 4.69) is 0 Å². The van der Waals surface area contributed by atoms with Crippen LogP contribution in [0.15, 0.2) is 36.4 Å². The Kier molecular flexibility index (Phi) is 9.09. The largest absolute Gasteiger partial charge is 0.497 e. The van der Waals surface area contributed by atoms with Gasteiger partial charge >= 0.3 is 6.18 Å². The Labute approximate surface area is 189 Å². The van der Waals surface area contributed by atoms with E-state index in [1.54, 1.807) is 0 Å². The highest BCUT2D eigenvalue weighted by molar-refractivity contribution is 7.99. The Balaban J connectivity index is 2.62. The SMILES string of the molecule is COc1ccc(C(=O)C(C(SCCN)c2ccc(OC)c(OC)c2)C(F)(F)F)c(OC)c1. The molecule has 2 atom stereocenters. The van der Waals surface area contributed by atoms with Gasteiger partial charge in [0, 0.05) is 23.6 Å². The summed E-state index contributed by atoms with van der Waals surface area (Å²) in [4.78, 5) is 13.3. The summed E-state index contributed by atoms with van der Waals surface area (Å²) in [5.74, 6) is -2.25. The van der Waals surface area contributed by atoms with Crippen LogP contribution in [0.3, 0.4) is 0 Å². The Bertz CT molecular complexity index is 923. The number of thioether (sulfide) groups is 1. The van der Waals surface area contributed by atoms with Gasteiger partial charge in [-0.3, -0.25) is 4.79 Å². The second-order valence-corrected chi connectivity index (χ2v) is 7.89. The molecule has 2 unspecified atom stereocenters. The summed E-state index contributed by atoms with van der Waals surface area (Å²) >= 11 is 0.959. The molecular weight excluding hydrogens is 447 g/mol. The Morgan fingerprint density at radius 1 is 0.938 bits per heavy atom. The first-order chi connectivity index (χ1) is 15.2. The van der Waals surface area contributed by atoms with E-state index in [1.807, 2.05) is 0 Å². The number of alkyl halides is 3. The number of methoxy groups -OCH3 is 4. The van der Waals surface area contributed by atoms with Crippen molar-refractivity contribution in [2.24, 2.45) is 11.7 Å². The minimum absolute atomic E-state index is 0.00140. The number of nitrogens with two attached hydrogens (primary N) is 1. The quantitative estimate of drug-likeness (QED) is 0.481. The molecule has 0 amide bonds. The van der Waals surface area contributed by atoms with Gasteiger partial charge in [-0.25, -0.2) is 0 Å². The second-order valence-electron chi connectivity index (χ2n) is 6.64. The summed E-state index contributed by atoms with van der Waals surface area (Å²) in [5.41, 5.74) is 5.65. The summed E-state index contributed by atoms with van der Waals surface area (Å²) in [6.45, 7) is 0.152. The Hall–Kier alpha value is -2.59. The van der Waals surface area contributed by atoms with Gasteiger partial charge in [-0.15, -0.1) is 0 Å². The molecule has 0 aliphatic heterocycles. The smallest absolute Gasteiger partial charge is 0.400 e. The van der Waals surface area contributed by atoms with E-state index < -0.39 is 23.1 Å². The second kappa shape index (κ2) is 11.3. The predicted molar refractivity (Wildman–Crippen MR) is 117 cm³/mol. The molecule has 2 aromatic rings. The van der Waals surface area contributed by atoms with Crippen LogP contribution in [0.1, 0.15) is 21.2 Å². The number of benzene rings is 2. The van der Waals surface area contributed by atoms with E-state index in [9.17, 15) is 18.0 Å². The van der Waals surface area contributed by atoms with E-state index in [1.165, 1.54) is 64.8 Å². The van der Waals surface area contributed by atoms with E-state index in [0.29, 0.717) is 11.5 Å². The van der Waals surface area contributed by atoms with Crippen LogP contribution in [0, 0.1) is 5.92 Å². The predicted octanol–water partition coefficient (Wildman–Crippen LogP) is 4.52. The maximum Gasteiger partial charge on any atom is 0.400 e. The molecule has 0 aromatic heterocycles. The topological polar surface area (TPSA) is 80.0 Å². The molecular formula is C22H26F3NO5S. The zero-order valence-electron chi connectivity index (χ0n) is 18.2. The van der Waals surface area contributed by atoms with Crippen molar-refractivity contribution in [3.8, 4) is 23.0 Å². The number of Topliss-reactive ketones (excluding diaryl/α,β-unsaturated/α-hetero) is 1.